The Morgan fingerprint density at radius 2 is 1.97 bits per heavy atom. The Balaban J connectivity index is 1.58. The first-order valence-corrected chi connectivity index (χ1v) is 12.2. The van der Waals surface area contributed by atoms with Crippen LogP contribution in [0, 0.1) is 0 Å². The highest BCUT2D eigenvalue weighted by atomic mass is 16.5. The third-order valence-corrected chi connectivity index (χ3v) is 6.16. The molecule has 1 aliphatic heterocycles. The van der Waals surface area contributed by atoms with Crippen LogP contribution in [0.2, 0.25) is 0 Å². The number of rotatable bonds is 11. The lowest BCUT2D eigenvalue weighted by molar-refractivity contribution is 0.0845. The molecule has 3 aromatic rings. The molecule has 3 aromatic heterocycles. The highest BCUT2D eigenvalue weighted by Gasteiger charge is 2.17. The zero-order valence-electron chi connectivity index (χ0n) is 20.4. The molecular weight excluding hydrogens is 448 g/mol. The molecule has 188 valence electrons. The summed E-state index contributed by atoms with van der Waals surface area (Å²) in [5, 5.41) is 12.9. The first-order chi connectivity index (χ1) is 17.1. The number of fused-ring (bicyclic) bond motifs is 1. The van der Waals surface area contributed by atoms with E-state index in [0.717, 1.165) is 44.5 Å². The zero-order chi connectivity index (χ0) is 24.6. The summed E-state index contributed by atoms with van der Waals surface area (Å²) in [6.07, 6.45) is 5.69. The Hall–Kier alpha value is -3.08. The van der Waals surface area contributed by atoms with Crippen molar-refractivity contribution in [2.24, 2.45) is 0 Å². The molecule has 0 saturated carbocycles. The van der Waals surface area contributed by atoms with Gasteiger partial charge in [-0.3, -0.25) is 9.78 Å². The average molecular weight is 483 g/mol. The van der Waals surface area contributed by atoms with Gasteiger partial charge in [0.05, 0.1) is 37.2 Å². The second kappa shape index (κ2) is 12.1. The van der Waals surface area contributed by atoms with Crippen molar-refractivity contribution in [3.63, 3.8) is 0 Å². The summed E-state index contributed by atoms with van der Waals surface area (Å²) in [7, 11) is 1.57. The van der Waals surface area contributed by atoms with Gasteiger partial charge >= 0.3 is 0 Å². The van der Waals surface area contributed by atoms with Gasteiger partial charge in [0.1, 0.15) is 5.52 Å². The maximum Gasteiger partial charge on any atom is 0.293 e. The van der Waals surface area contributed by atoms with Gasteiger partial charge in [-0.25, -0.2) is 9.97 Å². The van der Waals surface area contributed by atoms with Crippen LogP contribution in [0.25, 0.3) is 22.3 Å². The van der Waals surface area contributed by atoms with Crippen LogP contribution < -0.4 is 15.6 Å². The molecule has 2 N–H and O–H groups in total. The fourth-order valence-corrected chi connectivity index (χ4v) is 4.17. The number of aliphatic hydroxyl groups is 1. The van der Waals surface area contributed by atoms with Gasteiger partial charge in [0.2, 0.25) is 5.88 Å². The Morgan fingerprint density at radius 3 is 2.69 bits per heavy atom. The van der Waals surface area contributed by atoms with E-state index in [1.165, 1.54) is 0 Å². The summed E-state index contributed by atoms with van der Waals surface area (Å²) >= 11 is 0. The first-order valence-electron chi connectivity index (χ1n) is 12.2. The van der Waals surface area contributed by atoms with E-state index in [1.807, 2.05) is 12.1 Å². The number of pyridine rings is 2. The summed E-state index contributed by atoms with van der Waals surface area (Å²) in [5.74, 6) is 0.836. The first kappa shape index (κ1) is 25.0. The van der Waals surface area contributed by atoms with Crippen molar-refractivity contribution in [1.29, 1.82) is 0 Å². The van der Waals surface area contributed by atoms with Gasteiger partial charge in [0.25, 0.3) is 5.56 Å². The molecule has 0 aromatic carbocycles. The Kier molecular flexibility index (Phi) is 8.62. The molecule has 1 saturated heterocycles. The number of hydrogen-bond acceptors (Lipinski definition) is 9. The minimum absolute atomic E-state index is 0.184. The van der Waals surface area contributed by atoms with Crippen molar-refractivity contribution in [3.8, 4) is 17.1 Å². The lowest BCUT2D eigenvalue weighted by Gasteiger charge is -2.29. The van der Waals surface area contributed by atoms with Crippen LogP contribution in [-0.2, 0) is 11.3 Å². The predicted octanol–water partition coefficient (Wildman–Crippen LogP) is 2.16. The molecule has 0 atom stereocenters. The normalized spacial score (nSPS) is 14.9. The lowest BCUT2D eigenvalue weighted by Crippen LogP contribution is -2.39. The number of methoxy groups -OCH3 is 1. The molecule has 0 bridgehead atoms. The van der Waals surface area contributed by atoms with Crippen LogP contribution in [0.4, 0.5) is 5.82 Å². The molecule has 0 aliphatic carbocycles. The van der Waals surface area contributed by atoms with Crippen molar-refractivity contribution in [3.05, 3.63) is 40.9 Å². The van der Waals surface area contributed by atoms with Gasteiger partial charge in [-0.05, 0) is 31.4 Å². The van der Waals surface area contributed by atoms with Gasteiger partial charge in [-0.1, -0.05) is 6.92 Å². The smallest absolute Gasteiger partial charge is 0.293 e. The number of hydrogen-bond donors (Lipinski definition) is 2. The van der Waals surface area contributed by atoms with Crippen LogP contribution in [0.3, 0.4) is 0 Å². The van der Waals surface area contributed by atoms with Gasteiger partial charge in [-0.2, -0.15) is 0 Å². The molecule has 1 aliphatic rings. The zero-order valence-corrected chi connectivity index (χ0v) is 20.4. The fraction of sp³-hybridized carbons (Fsp3) is 0.520. The average Bonchev–Trinajstić information content (AvgIpc) is 2.89. The maximum absolute atomic E-state index is 13.4. The van der Waals surface area contributed by atoms with Gasteiger partial charge in [0, 0.05) is 57.2 Å². The molecule has 0 radical (unpaired) electrons. The molecule has 0 spiro atoms. The molecule has 0 unspecified atom stereocenters. The number of anilines is 1. The largest absolute Gasteiger partial charge is 0.481 e. The highest BCUT2D eigenvalue weighted by molar-refractivity contribution is 5.80. The van der Waals surface area contributed by atoms with Gasteiger partial charge in [-0.15, -0.1) is 0 Å². The highest BCUT2D eigenvalue weighted by Crippen LogP contribution is 2.22. The minimum Gasteiger partial charge on any atom is -0.481 e. The van der Waals surface area contributed by atoms with Crippen LogP contribution >= 0.6 is 0 Å². The third-order valence-electron chi connectivity index (χ3n) is 6.16. The third kappa shape index (κ3) is 6.33. The summed E-state index contributed by atoms with van der Waals surface area (Å²) in [5.41, 5.74) is 2.67. The van der Waals surface area contributed by atoms with Gasteiger partial charge < -0.3 is 29.4 Å². The van der Waals surface area contributed by atoms with E-state index in [9.17, 15) is 9.90 Å². The molecule has 10 nitrogen and oxygen atoms in total. The summed E-state index contributed by atoms with van der Waals surface area (Å²) in [4.78, 5) is 29.1. The number of nitrogens with zero attached hydrogens (tertiary/aromatic N) is 5. The molecular formula is C25H34N6O4. The number of ether oxygens (including phenoxy) is 2. The number of aliphatic hydroxyl groups excluding tert-OH is 1. The van der Waals surface area contributed by atoms with Crippen molar-refractivity contribution in [2.75, 3.05) is 51.8 Å². The topological polar surface area (TPSA) is 115 Å². The van der Waals surface area contributed by atoms with Crippen LogP contribution in [0.1, 0.15) is 26.2 Å². The van der Waals surface area contributed by atoms with Crippen molar-refractivity contribution in [2.45, 2.75) is 38.8 Å². The Bertz CT molecular complexity index is 1160. The minimum atomic E-state index is -0.199. The van der Waals surface area contributed by atoms with E-state index >= 15 is 0 Å². The number of likely N-dealkylation sites (tertiary alicyclic amines) is 1. The van der Waals surface area contributed by atoms with E-state index < -0.39 is 0 Å². The van der Waals surface area contributed by atoms with Crippen molar-refractivity contribution < 1.29 is 14.6 Å². The monoisotopic (exact) mass is 482 g/mol. The number of aromatic nitrogens is 4. The maximum atomic E-state index is 13.4. The molecule has 0 amide bonds. The standard InChI is InChI=1S/C25H34N6O4/c1-3-13-35-14-12-31-22-15-20(18-4-5-23(34-2)28-16-18)27-17-21(22)29-24(25(31)33)26-8-11-30-9-6-19(32)7-10-30/h4-5,15-17,19,32H,3,6-14H2,1-2H3,(H,26,29). The Morgan fingerprint density at radius 1 is 1.14 bits per heavy atom. The van der Waals surface area contributed by atoms with Crippen molar-refractivity contribution in [1.82, 2.24) is 24.4 Å². The van der Waals surface area contributed by atoms with Crippen LogP contribution in [-0.4, -0.2) is 82.1 Å². The molecule has 10 heteroatoms. The fourth-order valence-electron chi connectivity index (χ4n) is 4.17. The van der Waals surface area contributed by atoms with Gasteiger partial charge in [0.15, 0.2) is 5.82 Å². The van der Waals surface area contributed by atoms with Crippen LogP contribution in [0.15, 0.2) is 35.4 Å². The van der Waals surface area contributed by atoms with Crippen LogP contribution in [0.5, 0.6) is 5.88 Å². The second-order valence-electron chi connectivity index (χ2n) is 8.68. The molecule has 4 rings (SSSR count). The lowest BCUT2D eigenvalue weighted by atomic mass is 10.1. The van der Waals surface area contributed by atoms with E-state index in [1.54, 1.807) is 30.1 Å². The van der Waals surface area contributed by atoms with E-state index in [0.29, 0.717) is 54.7 Å². The number of piperidine rings is 1. The molecule has 4 heterocycles. The number of nitrogens with one attached hydrogen (secondary N) is 1. The second-order valence-corrected chi connectivity index (χ2v) is 8.68. The summed E-state index contributed by atoms with van der Waals surface area (Å²) in [6, 6.07) is 5.53. The Labute approximate surface area is 204 Å². The SMILES string of the molecule is CCCOCCn1c(=O)c(NCCN2CCC(O)CC2)nc2cnc(-c3ccc(OC)nc3)cc21. The quantitative estimate of drug-likeness (QED) is 0.397. The summed E-state index contributed by atoms with van der Waals surface area (Å²) in [6.45, 7) is 6.66. The molecule has 35 heavy (non-hydrogen) atoms. The van der Waals surface area contributed by atoms with E-state index in [-0.39, 0.29) is 11.7 Å². The predicted molar refractivity (Wildman–Crippen MR) is 135 cm³/mol. The van der Waals surface area contributed by atoms with E-state index in [4.69, 9.17) is 9.47 Å². The van der Waals surface area contributed by atoms with E-state index in [2.05, 4.69) is 32.1 Å². The van der Waals surface area contributed by atoms with Crippen molar-refractivity contribution >= 4 is 16.9 Å². The summed E-state index contributed by atoms with van der Waals surface area (Å²) < 4.78 is 12.5. The molecule has 1 fully saturated rings.